The highest BCUT2D eigenvalue weighted by Gasteiger charge is 2.32. The number of aryl methyl sites for hydroxylation is 1. The van der Waals surface area contributed by atoms with Crippen molar-refractivity contribution in [1.29, 1.82) is 0 Å². The molecule has 0 saturated carbocycles. The molecule has 1 N–H and O–H groups in total. The van der Waals surface area contributed by atoms with Crippen molar-refractivity contribution < 1.29 is 9.59 Å². The number of carbonyl (C=O) groups excluding carboxylic acids is 2. The molecule has 0 spiro atoms. The quantitative estimate of drug-likeness (QED) is 0.635. The van der Waals surface area contributed by atoms with Crippen molar-refractivity contribution in [2.24, 2.45) is 0 Å². The molecule has 2 amide bonds. The van der Waals surface area contributed by atoms with Gasteiger partial charge in [-0.05, 0) is 36.8 Å². The Kier molecular flexibility index (Phi) is 3.63. The highest BCUT2D eigenvalue weighted by atomic mass is 35.5. The molecule has 94 valence electrons. The fourth-order valence-corrected chi connectivity index (χ4v) is 2.19. The summed E-state index contributed by atoms with van der Waals surface area (Å²) in [5.74, 6) is -0.553. The van der Waals surface area contributed by atoms with Crippen LogP contribution < -0.4 is 5.32 Å². The zero-order valence-corrected chi connectivity index (χ0v) is 11.3. The van der Waals surface area contributed by atoms with Crippen LogP contribution in [0.1, 0.15) is 18.4 Å². The average molecular weight is 283 g/mol. The van der Waals surface area contributed by atoms with Gasteiger partial charge in [0.2, 0.25) is 11.8 Å². The summed E-state index contributed by atoms with van der Waals surface area (Å²) in [6.45, 7) is 1.91. The Morgan fingerprint density at radius 1 is 1.33 bits per heavy atom. The smallest absolute Gasteiger partial charge is 0.236 e. The molecule has 1 aliphatic rings. The lowest BCUT2D eigenvalue weighted by atomic mass is 10.2. The molecule has 18 heavy (non-hydrogen) atoms. The lowest BCUT2D eigenvalue weighted by Gasteiger charge is -2.17. The molecule has 1 aliphatic heterocycles. The molecule has 1 heterocycles. The molecule has 4 nitrogen and oxygen atoms in total. The first-order valence-electron chi connectivity index (χ1n) is 5.42. The van der Waals surface area contributed by atoms with E-state index in [1.165, 1.54) is 0 Å². The van der Waals surface area contributed by atoms with E-state index in [9.17, 15) is 9.59 Å². The van der Waals surface area contributed by atoms with Crippen LogP contribution in [-0.4, -0.2) is 21.8 Å². The Balaban J connectivity index is 2.19. The maximum atomic E-state index is 11.5. The van der Waals surface area contributed by atoms with E-state index in [-0.39, 0.29) is 29.8 Å². The fraction of sp³-hybridized carbons (Fsp3) is 0.250. The van der Waals surface area contributed by atoms with Gasteiger partial charge in [0.15, 0.2) is 5.11 Å². The average Bonchev–Trinajstić information content (AvgIpc) is 2.63. The minimum absolute atomic E-state index is 0.0787. The summed E-state index contributed by atoms with van der Waals surface area (Å²) in [4.78, 5) is 24.0. The molecule has 1 aromatic rings. The van der Waals surface area contributed by atoms with Crippen molar-refractivity contribution in [3.8, 4) is 0 Å². The van der Waals surface area contributed by atoms with Gasteiger partial charge >= 0.3 is 0 Å². The molecule has 2 rings (SSSR count). The summed E-state index contributed by atoms with van der Waals surface area (Å²) >= 11 is 11.1. The van der Waals surface area contributed by atoms with Crippen LogP contribution in [0.25, 0.3) is 0 Å². The number of benzene rings is 1. The van der Waals surface area contributed by atoms with Gasteiger partial charge < -0.3 is 5.32 Å². The molecular weight excluding hydrogens is 272 g/mol. The number of thiocarbonyl (C=S) groups is 1. The summed E-state index contributed by atoms with van der Waals surface area (Å²) in [5.41, 5.74) is 1.60. The zero-order chi connectivity index (χ0) is 13.3. The van der Waals surface area contributed by atoms with Crippen LogP contribution >= 0.6 is 23.8 Å². The van der Waals surface area contributed by atoms with Crippen LogP contribution in [0.5, 0.6) is 0 Å². The van der Waals surface area contributed by atoms with Gasteiger partial charge in [0.25, 0.3) is 0 Å². The van der Waals surface area contributed by atoms with Crippen LogP contribution in [-0.2, 0) is 9.59 Å². The molecule has 0 aromatic heterocycles. The second-order valence-corrected chi connectivity index (χ2v) is 4.83. The Hall–Kier alpha value is -1.46. The van der Waals surface area contributed by atoms with E-state index in [2.05, 4.69) is 5.32 Å². The number of rotatable bonds is 1. The monoisotopic (exact) mass is 282 g/mol. The first-order chi connectivity index (χ1) is 8.49. The molecule has 1 fully saturated rings. The van der Waals surface area contributed by atoms with Crippen LogP contribution in [0.3, 0.4) is 0 Å². The van der Waals surface area contributed by atoms with Gasteiger partial charge in [-0.2, -0.15) is 0 Å². The van der Waals surface area contributed by atoms with Gasteiger partial charge in [0.05, 0.1) is 10.7 Å². The van der Waals surface area contributed by atoms with Gasteiger partial charge in [-0.1, -0.05) is 17.7 Å². The largest absolute Gasteiger partial charge is 0.331 e. The zero-order valence-electron chi connectivity index (χ0n) is 9.70. The number of anilines is 1. The van der Waals surface area contributed by atoms with Gasteiger partial charge in [-0.15, -0.1) is 0 Å². The van der Waals surface area contributed by atoms with Crippen molar-refractivity contribution in [1.82, 2.24) is 4.90 Å². The number of nitrogens with one attached hydrogen (secondary N) is 1. The lowest BCUT2D eigenvalue weighted by Crippen LogP contribution is -2.38. The first kappa shape index (κ1) is 13.0. The number of hydrogen-bond donors (Lipinski definition) is 1. The van der Waals surface area contributed by atoms with Crippen molar-refractivity contribution in [3.05, 3.63) is 28.8 Å². The number of nitrogens with zero attached hydrogens (tertiary/aromatic N) is 1. The van der Waals surface area contributed by atoms with Crippen molar-refractivity contribution in [2.75, 3.05) is 5.32 Å². The van der Waals surface area contributed by atoms with E-state index in [1.54, 1.807) is 12.1 Å². The minimum atomic E-state index is -0.277. The van der Waals surface area contributed by atoms with E-state index >= 15 is 0 Å². The molecule has 6 heteroatoms. The normalized spacial score (nSPS) is 15.1. The van der Waals surface area contributed by atoms with E-state index in [0.717, 1.165) is 10.5 Å². The molecule has 1 aromatic carbocycles. The van der Waals surface area contributed by atoms with Gasteiger partial charge in [-0.3, -0.25) is 9.59 Å². The topological polar surface area (TPSA) is 49.4 Å². The molecule has 0 bridgehead atoms. The van der Waals surface area contributed by atoms with Crippen molar-refractivity contribution in [2.45, 2.75) is 19.8 Å². The first-order valence-corrected chi connectivity index (χ1v) is 6.20. The van der Waals surface area contributed by atoms with Gasteiger partial charge in [0.1, 0.15) is 0 Å². The third-order valence-electron chi connectivity index (χ3n) is 2.62. The fourth-order valence-electron chi connectivity index (χ4n) is 1.71. The maximum absolute atomic E-state index is 11.5. The standard InChI is InChI=1S/C12H11ClN2O2S/c1-7-2-3-8(13)9(6-7)14-12(18)15-10(16)4-5-11(15)17/h2-3,6H,4-5H2,1H3,(H,14,18). The van der Waals surface area contributed by atoms with Crippen LogP contribution in [0.4, 0.5) is 5.69 Å². The lowest BCUT2D eigenvalue weighted by molar-refractivity contribution is -0.133. The maximum Gasteiger partial charge on any atom is 0.236 e. The predicted molar refractivity (Wildman–Crippen MR) is 73.5 cm³/mol. The van der Waals surface area contributed by atoms with Crippen LogP contribution in [0.2, 0.25) is 5.02 Å². The summed E-state index contributed by atoms with van der Waals surface area (Å²) in [5, 5.41) is 3.40. The van der Waals surface area contributed by atoms with Crippen molar-refractivity contribution >= 4 is 46.4 Å². The number of carbonyl (C=O) groups is 2. The van der Waals surface area contributed by atoms with E-state index in [4.69, 9.17) is 23.8 Å². The second-order valence-electron chi connectivity index (χ2n) is 4.04. The Bertz CT molecular complexity index is 529. The summed E-state index contributed by atoms with van der Waals surface area (Å²) in [6.07, 6.45) is 0.421. The SMILES string of the molecule is Cc1ccc(Cl)c(NC(=S)N2C(=O)CCC2=O)c1. The summed E-state index contributed by atoms with van der Waals surface area (Å²) in [6, 6.07) is 5.40. The van der Waals surface area contributed by atoms with Crippen molar-refractivity contribution in [3.63, 3.8) is 0 Å². The number of likely N-dealkylation sites (tertiary alicyclic amines) is 1. The number of imide groups is 1. The molecule has 0 aliphatic carbocycles. The summed E-state index contributed by atoms with van der Waals surface area (Å²) in [7, 11) is 0. The van der Waals surface area contributed by atoms with Crippen LogP contribution in [0.15, 0.2) is 18.2 Å². The van der Waals surface area contributed by atoms with E-state index < -0.39 is 0 Å². The Labute approximate surface area is 115 Å². The molecular formula is C12H11ClN2O2S. The number of halogens is 1. The van der Waals surface area contributed by atoms with Gasteiger partial charge in [0, 0.05) is 12.8 Å². The highest BCUT2D eigenvalue weighted by Crippen LogP contribution is 2.24. The predicted octanol–water partition coefficient (Wildman–Crippen LogP) is 2.49. The molecule has 1 saturated heterocycles. The Morgan fingerprint density at radius 3 is 2.56 bits per heavy atom. The van der Waals surface area contributed by atoms with E-state index in [0.29, 0.717) is 10.7 Å². The summed E-state index contributed by atoms with van der Waals surface area (Å²) < 4.78 is 0. The number of amides is 2. The highest BCUT2D eigenvalue weighted by molar-refractivity contribution is 7.80. The number of hydrogen-bond acceptors (Lipinski definition) is 3. The van der Waals surface area contributed by atoms with Crippen LogP contribution in [0, 0.1) is 6.92 Å². The molecule has 0 radical (unpaired) electrons. The molecule has 0 atom stereocenters. The minimum Gasteiger partial charge on any atom is -0.331 e. The van der Waals surface area contributed by atoms with Gasteiger partial charge in [-0.25, -0.2) is 4.90 Å². The molecule has 0 unspecified atom stereocenters. The third kappa shape index (κ3) is 2.52. The van der Waals surface area contributed by atoms with E-state index in [1.807, 2.05) is 13.0 Å². The Morgan fingerprint density at radius 2 is 1.94 bits per heavy atom. The third-order valence-corrected chi connectivity index (χ3v) is 3.23. The second kappa shape index (κ2) is 5.04.